The number of Topliss-reactive ketones (excluding diaryl/α,β-unsaturated/α-hetero) is 2. The first-order valence-electron chi connectivity index (χ1n) is 12.4. The summed E-state index contributed by atoms with van der Waals surface area (Å²) in [5, 5.41) is 64.5. The van der Waals surface area contributed by atoms with E-state index in [0.717, 1.165) is 0 Å². The molecule has 1 saturated carbocycles. The predicted molar refractivity (Wildman–Crippen MR) is 129 cm³/mol. The molecule has 1 fully saturated rings. The number of ketones is 2. The number of aromatic hydroxyl groups is 1. The lowest BCUT2D eigenvalue weighted by Crippen LogP contribution is -2.67. The predicted octanol–water partition coefficient (Wildman–Crippen LogP) is 1.25. The minimum atomic E-state index is -2.80. The van der Waals surface area contributed by atoms with Gasteiger partial charge < -0.3 is 31.3 Å². The van der Waals surface area contributed by atoms with Gasteiger partial charge in [-0.25, -0.2) is 0 Å². The van der Waals surface area contributed by atoms with Crippen LogP contribution in [0.4, 0.5) is 0 Å². The topological polar surface area (TPSA) is 202 Å². The highest BCUT2D eigenvalue weighted by atomic mass is 16.4. The van der Waals surface area contributed by atoms with Gasteiger partial charge in [-0.3, -0.25) is 14.4 Å². The Morgan fingerprint density at radius 3 is 2.49 bits per heavy atom. The van der Waals surface area contributed by atoms with Gasteiger partial charge >= 0.3 is 0 Å². The van der Waals surface area contributed by atoms with E-state index in [4.69, 9.17) is 11.0 Å². The van der Waals surface area contributed by atoms with Gasteiger partial charge in [0, 0.05) is 29.4 Å². The summed E-state index contributed by atoms with van der Waals surface area (Å²) in [5.41, 5.74) is 2.24. The molecular formula is C27H32N2O8. The van der Waals surface area contributed by atoms with Crippen LogP contribution >= 0.6 is 0 Å². The summed E-state index contributed by atoms with van der Waals surface area (Å²) in [6.07, 6.45) is -2.04. The minimum absolute atomic E-state index is 0.0971. The maximum Gasteiger partial charge on any atom is 0.230 e. The van der Waals surface area contributed by atoms with Crippen LogP contribution in [-0.2, 0) is 15.0 Å². The van der Waals surface area contributed by atoms with Gasteiger partial charge in [0.05, 0.1) is 23.8 Å². The lowest BCUT2D eigenvalue weighted by molar-refractivity contribution is -0.179. The molecule has 0 saturated heterocycles. The van der Waals surface area contributed by atoms with Crippen LogP contribution in [0.5, 0.6) is 5.75 Å². The standard InChI is InChI=1S/C27H32N2O8/c1-11-12-6-7-13(26(2,3)8-4-5-9-28)20(31)17(12)22(33)19-16(11)21(32)14-10-15(30)18(25(29)36)23(34)27(14,37)24(19)35/h6-7,11,14-16,18,21,30-32,35,37H,4-5,8,10H2,1-3H3,(H2,29,36)/t11-,14+,15?,16+,18?,21+,27+/m0/s1. The first kappa shape index (κ1) is 26.8. The fraction of sp³-hybridized carbons (Fsp3) is 0.556. The molecule has 7 N–H and O–H groups in total. The quantitative estimate of drug-likeness (QED) is 0.248. The molecule has 198 valence electrons. The number of phenols is 1. The van der Waals surface area contributed by atoms with Crippen LogP contribution in [0.25, 0.3) is 0 Å². The highest BCUT2D eigenvalue weighted by Gasteiger charge is 2.66. The number of carbonyl (C=O) groups is 3. The first-order valence-corrected chi connectivity index (χ1v) is 12.4. The van der Waals surface area contributed by atoms with Crippen molar-refractivity contribution in [3.8, 4) is 11.8 Å². The number of hydrogen-bond donors (Lipinski definition) is 6. The molecule has 3 aliphatic rings. The zero-order chi connectivity index (χ0) is 27.6. The lowest BCUT2D eigenvalue weighted by atomic mass is 9.54. The van der Waals surface area contributed by atoms with Crippen LogP contribution < -0.4 is 5.73 Å². The van der Waals surface area contributed by atoms with E-state index in [2.05, 4.69) is 6.07 Å². The summed E-state index contributed by atoms with van der Waals surface area (Å²) in [6.45, 7) is 5.44. The highest BCUT2D eigenvalue weighted by Crippen LogP contribution is 2.55. The van der Waals surface area contributed by atoms with Crippen LogP contribution in [0, 0.1) is 29.1 Å². The van der Waals surface area contributed by atoms with E-state index in [0.29, 0.717) is 30.4 Å². The van der Waals surface area contributed by atoms with Gasteiger partial charge in [0.2, 0.25) is 5.91 Å². The second kappa shape index (κ2) is 8.94. The number of hydrogen-bond acceptors (Lipinski definition) is 9. The van der Waals surface area contributed by atoms with Crippen molar-refractivity contribution in [3.63, 3.8) is 0 Å². The number of carbonyl (C=O) groups excluding carboxylic acids is 3. The molecule has 0 aliphatic heterocycles. The summed E-state index contributed by atoms with van der Waals surface area (Å²) >= 11 is 0. The molecule has 1 aromatic rings. The van der Waals surface area contributed by atoms with Crippen molar-refractivity contribution >= 4 is 17.5 Å². The second-order valence-corrected chi connectivity index (χ2v) is 11.1. The van der Waals surface area contributed by atoms with E-state index in [-0.39, 0.29) is 11.3 Å². The van der Waals surface area contributed by atoms with Gasteiger partial charge in [0.1, 0.15) is 17.4 Å². The number of benzene rings is 1. The number of primary amides is 1. The third kappa shape index (κ3) is 3.68. The number of amides is 1. The molecule has 0 aromatic heterocycles. The summed E-state index contributed by atoms with van der Waals surface area (Å²) in [7, 11) is 0. The third-order valence-corrected chi connectivity index (χ3v) is 8.64. The third-order valence-electron chi connectivity index (χ3n) is 8.64. The lowest BCUT2D eigenvalue weighted by Gasteiger charge is -2.52. The van der Waals surface area contributed by atoms with E-state index < -0.39 is 82.1 Å². The SMILES string of the molecule is C[C@H]1c2ccc(C(C)(C)CCCC#N)c(O)c2C(=O)C2=C(O)[C@]3(O)C(=O)C(C(N)=O)C(O)C[C@@H]3[C@@H](O)[C@@H]21. The van der Waals surface area contributed by atoms with Crippen molar-refractivity contribution in [1.82, 2.24) is 0 Å². The molecule has 0 bridgehead atoms. The fourth-order valence-electron chi connectivity index (χ4n) is 6.59. The molecule has 1 aromatic carbocycles. The zero-order valence-electron chi connectivity index (χ0n) is 20.9. The Bertz CT molecular complexity index is 1260. The normalized spacial score (nSPS) is 33.3. The van der Waals surface area contributed by atoms with Gasteiger partial charge in [-0.05, 0) is 36.2 Å². The number of nitrogens with two attached hydrogens (primary N) is 1. The first-order chi connectivity index (χ1) is 17.2. The molecule has 10 heteroatoms. The Morgan fingerprint density at radius 2 is 1.89 bits per heavy atom. The Hall–Kier alpha value is -3.26. The summed E-state index contributed by atoms with van der Waals surface area (Å²) < 4.78 is 0. The number of nitriles is 1. The molecular weight excluding hydrogens is 480 g/mol. The highest BCUT2D eigenvalue weighted by molar-refractivity contribution is 6.16. The Kier molecular flexibility index (Phi) is 6.47. The van der Waals surface area contributed by atoms with E-state index in [9.17, 15) is 39.9 Å². The number of rotatable bonds is 5. The molecule has 0 radical (unpaired) electrons. The Labute approximate surface area is 214 Å². The largest absolute Gasteiger partial charge is 0.508 e. The van der Waals surface area contributed by atoms with E-state index in [1.165, 1.54) is 0 Å². The van der Waals surface area contributed by atoms with Crippen LogP contribution in [0.2, 0.25) is 0 Å². The summed E-state index contributed by atoms with van der Waals surface area (Å²) in [4.78, 5) is 38.9. The smallest absolute Gasteiger partial charge is 0.230 e. The number of aliphatic hydroxyl groups excluding tert-OH is 3. The van der Waals surface area contributed by atoms with Crippen LogP contribution in [0.3, 0.4) is 0 Å². The van der Waals surface area contributed by atoms with Crippen molar-refractivity contribution in [2.45, 2.75) is 75.6 Å². The van der Waals surface area contributed by atoms with Crippen LogP contribution in [-0.4, -0.2) is 60.8 Å². The van der Waals surface area contributed by atoms with Crippen molar-refractivity contribution in [1.29, 1.82) is 5.26 Å². The van der Waals surface area contributed by atoms with Gasteiger partial charge in [0.25, 0.3) is 0 Å². The Morgan fingerprint density at radius 1 is 1.24 bits per heavy atom. The van der Waals surface area contributed by atoms with Gasteiger partial charge in [-0.15, -0.1) is 0 Å². The fourth-order valence-corrected chi connectivity index (χ4v) is 6.59. The molecule has 1 amide bonds. The molecule has 37 heavy (non-hydrogen) atoms. The summed E-state index contributed by atoms with van der Waals surface area (Å²) in [6, 6.07) is 5.47. The molecule has 0 spiro atoms. The maximum absolute atomic E-state index is 13.8. The van der Waals surface area contributed by atoms with Crippen molar-refractivity contribution in [2.24, 2.45) is 23.5 Å². The van der Waals surface area contributed by atoms with E-state index >= 15 is 0 Å². The summed E-state index contributed by atoms with van der Waals surface area (Å²) in [5.74, 6) is -9.49. The zero-order valence-corrected chi connectivity index (χ0v) is 20.9. The average molecular weight is 513 g/mol. The molecule has 4 rings (SSSR count). The van der Waals surface area contributed by atoms with Crippen molar-refractivity contribution in [3.05, 3.63) is 40.2 Å². The number of fused-ring (bicyclic) bond motifs is 3. The van der Waals surface area contributed by atoms with Gasteiger partial charge in [0.15, 0.2) is 17.2 Å². The molecule has 0 heterocycles. The van der Waals surface area contributed by atoms with Gasteiger partial charge in [-0.2, -0.15) is 5.26 Å². The molecule has 2 unspecified atom stereocenters. The number of nitrogens with zero attached hydrogens (tertiary/aromatic N) is 1. The number of phenolic OH excluding ortho intramolecular Hbond substituents is 1. The molecule has 7 atom stereocenters. The molecule has 3 aliphatic carbocycles. The Balaban J connectivity index is 1.89. The minimum Gasteiger partial charge on any atom is -0.508 e. The van der Waals surface area contributed by atoms with Crippen molar-refractivity contribution in [2.75, 3.05) is 0 Å². The van der Waals surface area contributed by atoms with E-state index in [1.54, 1.807) is 19.1 Å². The monoisotopic (exact) mass is 512 g/mol. The van der Waals surface area contributed by atoms with Gasteiger partial charge in [-0.1, -0.05) is 32.9 Å². The second-order valence-electron chi connectivity index (χ2n) is 11.1. The average Bonchev–Trinajstić information content (AvgIpc) is 2.81. The van der Waals surface area contributed by atoms with Crippen LogP contribution in [0.15, 0.2) is 23.5 Å². The van der Waals surface area contributed by atoms with E-state index in [1.807, 2.05) is 13.8 Å². The van der Waals surface area contributed by atoms with Crippen LogP contribution in [0.1, 0.15) is 73.9 Å². The van der Waals surface area contributed by atoms with Crippen molar-refractivity contribution < 1.29 is 39.9 Å². The molecule has 10 nitrogen and oxygen atoms in total. The number of unbranched alkanes of at least 4 members (excludes halogenated alkanes) is 1. The number of aliphatic hydroxyl groups is 4. The maximum atomic E-state index is 13.8.